The van der Waals surface area contributed by atoms with Crippen molar-refractivity contribution in [2.24, 2.45) is 5.92 Å². The number of likely N-dealkylation sites (tertiary alicyclic amines) is 1. The number of hydrogen-bond donors (Lipinski definition) is 2. The molecular formula is C19H28Cl2FN3O. The van der Waals surface area contributed by atoms with Gasteiger partial charge in [0.05, 0.1) is 0 Å². The molecule has 26 heavy (non-hydrogen) atoms. The molecule has 0 aliphatic carbocycles. The van der Waals surface area contributed by atoms with Crippen LogP contribution in [-0.2, 0) is 11.3 Å². The van der Waals surface area contributed by atoms with Crippen molar-refractivity contribution in [2.75, 3.05) is 19.6 Å². The van der Waals surface area contributed by atoms with Crippen molar-refractivity contribution in [2.45, 2.75) is 51.2 Å². The lowest BCUT2D eigenvalue weighted by molar-refractivity contribution is -0.127. The van der Waals surface area contributed by atoms with E-state index < -0.39 is 0 Å². The summed E-state index contributed by atoms with van der Waals surface area (Å²) in [5, 5.41) is 7.10. The Morgan fingerprint density at radius 3 is 2.96 bits per heavy atom. The summed E-state index contributed by atoms with van der Waals surface area (Å²) >= 11 is 6.14. The van der Waals surface area contributed by atoms with Crippen LogP contribution in [0.5, 0.6) is 0 Å². The van der Waals surface area contributed by atoms with E-state index in [0.717, 1.165) is 50.9 Å². The van der Waals surface area contributed by atoms with Gasteiger partial charge < -0.3 is 10.6 Å². The summed E-state index contributed by atoms with van der Waals surface area (Å²) in [5.74, 6) is 0.00641. The molecule has 3 rings (SSSR count). The zero-order valence-corrected chi connectivity index (χ0v) is 16.7. The van der Waals surface area contributed by atoms with Crippen molar-refractivity contribution in [3.8, 4) is 0 Å². The zero-order valence-electron chi connectivity index (χ0n) is 15.1. The first-order valence-electron chi connectivity index (χ1n) is 9.21. The fourth-order valence-corrected chi connectivity index (χ4v) is 4.12. The quantitative estimate of drug-likeness (QED) is 0.809. The van der Waals surface area contributed by atoms with E-state index in [4.69, 9.17) is 11.6 Å². The predicted molar refractivity (Wildman–Crippen MR) is 105 cm³/mol. The van der Waals surface area contributed by atoms with Gasteiger partial charge in [-0.3, -0.25) is 9.69 Å². The van der Waals surface area contributed by atoms with E-state index in [-0.39, 0.29) is 36.1 Å². The number of nitrogens with one attached hydrogen (secondary N) is 2. The summed E-state index contributed by atoms with van der Waals surface area (Å²) in [6, 6.07) is 5.15. The average molecular weight is 404 g/mol. The van der Waals surface area contributed by atoms with Gasteiger partial charge in [-0.15, -0.1) is 12.4 Å². The number of hydrogen-bond acceptors (Lipinski definition) is 3. The van der Waals surface area contributed by atoms with E-state index in [1.54, 1.807) is 6.07 Å². The van der Waals surface area contributed by atoms with Crippen LogP contribution in [0.3, 0.4) is 0 Å². The monoisotopic (exact) mass is 403 g/mol. The first-order valence-corrected chi connectivity index (χ1v) is 9.59. The second-order valence-electron chi connectivity index (χ2n) is 7.40. The van der Waals surface area contributed by atoms with Crippen LogP contribution in [0.2, 0.25) is 5.02 Å². The Morgan fingerprint density at radius 2 is 2.23 bits per heavy atom. The van der Waals surface area contributed by atoms with Crippen molar-refractivity contribution in [3.63, 3.8) is 0 Å². The first kappa shape index (κ1) is 21.4. The lowest BCUT2D eigenvalue weighted by atomic mass is 9.92. The van der Waals surface area contributed by atoms with Gasteiger partial charge in [0.2, 0.25) is 5.91 Å². The van der Waals surface area contributed by atoms with Gasteiger partial charge >= 0.3 is 0 Å². The Balaban J connectivity index is 0.00000243. The number of piperidine rings is 2. The molecule has 2 saturated heterocycles. The van der Waals surface area contributed by atoms with Crippen molar-refractivity contribution in [1.29, 1.82) is 0 Å². The molecule has 2 aliphatic rings. The van der Waals surface area contributed by atoms with Crippen molar-refractivity contribution >= 4 is 29.9 Å². The van der Waals surface area contributed by atoms with Crippen molar-refractivity contribution in [3.05, 3.63) is 34.6 Å². The van der Waals surface area contributed by atoms with Gasteiger partial charge in [0.15, 0.2) is 0 Å². The molecule has 2 fully saturated rings. The average Bonchev–Trinajstić information content (AvgIpc) is 2.58. The SMILES string of the molecule is C[C@H]1C[C@@H](C(=O)NC2CCCN(Cc3ccc(F)cc3Cl)C2)CCN1.Cl. The molecule has 0 radical (unpaired) electrons. The lowest BCUT2D eigenvalue weighted by Crippen LogP contribution is -2.50. The molecule has 4 nitrogen and oxygen atoms in total. The van der Waals surface area contributed by atoms with Gasteiger partial charge in [-0.05, 0) is 63.4 Å². The third kappa shape index (κ3) is 5.81. The number of amides is 1. The van der Waals surface area contributed by atoms with E-state index in [9.17, 15) is 9.18 Å². The van der Waals surface area contributed by atoms with Crippen LogP contribution >= 0.6 is 24.0 Å². The third-order valence-electron chi connectivity index (χ3n) is 5.26. The number of carbonyl (C=O) groups excluding carboxylic acids is 1. The summed E-state index contributed by atoms with van der Waals surface area (Å²) in [5.41, 5.74) is 0.933. The maximum absolute atomic E-state index is 13.2. The summed E-state index contributed by atoms with van der Waals surface area (Å²) < 4.78 is 13.2. The van der Waals surface area contributed by atoms with Crippen LogP contribution in [0.15, 0.2) is 18.2 Å². The molecule has 0 spiro atoms. The normalized spacial score (nSPS) is 26.8. The molecule has 1 unspecified atom stereocenters. The number of carbonyl (C=O) groups is 1. The molecule has 0 saturated carbocycles. The maximum atomic E-state index is 13.2. The van der Waals surface area contributed by atoms with E-state index in [1.807, 2.05) is 0 Å². The molecule has 7 heteroatoms. The molecular weight excluding hydrogens is 376 g/mol. The molecule has 2 heterocycles. The Hall–Kier alpha value is -0.880. The molecule has 0 bridgehead atoms. The number of nitrogens with zero attached hydrogens (tertiary/aromatic N) is 1. The van der Waals surface area contributed by atoms with Crippen molar-refractivity contribution < 1.29 is 9.18 Å². The number of halogens is 3. The van der Waals surface area contributed by atoms with Gasteiger partial charge in [0, 0.05) is 36.1 Å². The first-order chi connectivity index (χ1) is 12.0. The molecule has 1 aromatic rings. The van der Waals surface area contributed by atoms with E-state index >= 15 is 0 Å². The fourth-order valence-electron chi connectivity index (χ4n) is 3.90. The summed E-state index contributed by atoms with van der Waals surface area (Å²) in [6.45, 7) is 5.54. The largest absolute Gasteiger partial charge is 0.352 e. The van der Waals surface area contributed by atoms with E-state index in [2.05, 4.69) is 22.5 Å². The standard InChI is InChI=1S/C19H27ClFN3O.ClH/c1-13-9-14(6-7-22-13)19(25)23-17-3-2-8-24(12-17)11-15-4-5-16(21)10-18(15)20;/h4-5,10,13-14,17,22H,2-3,6-9,11-12H2,1H3,(H,23,25);1H/t13-,14-,17?;/m0./s1. The molecule has 3 atom stereocenters. The Labute approximate surface area is 166 Å². The van der Waals surface area contributed by atoms with Gasteiger partial charge in [-0.2, -0.15) is 0 Å². The molecule has 2 N–H and O–H groups in total. The summed E-state index contributed by atoms with van der Waals surface area (Å²) in [7, 11) is 0. The van der Waals surface area contributed by atoms with Gasteiger partial charge in [0.25, 0.3) is 0 Å². The van der Waals surface area contributed by atoms with Crippen LogP contribution in [0, 0.1) is 11.7 Å². The Kier molecular flexibility index (Phi) is 8.14. The van der Waals surface area contributed by atoms with Crippen LogP contribution in [0.1, 0.15) is 38.2 Å². The fraction of sp³-hybridized carbons (Fsp3) is 0.632. The van der Waals surface area contributed by atoms with Crippen LogP contribution < -0.4 is 10.6 Å². The van der Waals surface area contributed by atoms with Crippen LogP contribution in [0.4, 0.5) is 4.39 Å². The third-order valence-corrected chi connectivity index (χ3v) is 5.61. The van der Waals surface area contributed by atoms with Gasteiger partial charge in [-0.25, -0.2) is 4.39 Å². The topological polar surface area (TPSA) is 44.4 Å². The predicted octanol–water partition coefficient (Wildman–Crippen LogP) is 3.37. The minimum Gasteiger partial charge on any atom is -0.352 e. The Bertz CT molecular complexity index is 616. The van der Waals surface area contributed by atoms with Crippen molar-refractivity contribution in [1.82, 2.24) is 15.5 Å². The molecule has 1 amide bonds. The smallest absolute Gasteiger partial charge is 0.223 e. The highest BCUT2D eigenvalue weighted by Gasteiger charge is 2.28. The molecule has 1 aromatic carbocycles. The van der Waals surface area contributed by atoms with Gasteiger partial charge in [0.1, 0.15) is 5.82 Å². The lowest BCUT2D eigenvalue weighted by Gasteiger charge is -2.35. The number of benzene rings is 1. The molecule has 146 valence electrons. The molecule has 0 aromatic heterocycles. The second kappa shape index (κ2) is 9.88. The zero-order chi connectivity index (χ0) is 17.8. The minimum atomic E-state index is -0.311. The summed E-state index contributed by atoms with van der Waals surface area (Å²) in [4.78, 5) is 14.8. The minimum absolute atomic E-state index is 0. The highest BCUT2D eigenvalue weighted by Crippen LogP contribution is 2.22. The highest BCUT2D eigenvalue weighted by atomic mass is 35.5. The van der Waals surface area contributed by atoms with E-state index in [1.165, 1.54) is 12.1 Å². The van der Waals surface area contributed by atoms with Crippen LogP contribution in [0.25, 0.3) is 0 Å². The molecule has 2 aliphatic heterocycles. The maximum Gasteiger partial charge on any atom is 0.223 e. The van der Waals surface area contributed by atoms with Gasteiger partial charge in [-0.1, -0.05) is 17.7 Å². The van der Waals surface area contributed by atoms with Crippen LogP contribution in [-0.4, -0.2) is 42.5 Å². The second-order valence-corrected chi connectivity index (χ2v) is 7.80. The Morgan fingerprint density at radius 1 is 1.42 bits per heavy atom. The number of rotatable bonds is 4. The van der Waals surface area contributed by atoms with E-state index in [0.29, 0.717) is 17.6 Å². The highest BCUT2D eigenvalue weighted by molar-refractivity contribution is 6.31. The summed E-state index contributed by atoms with van der Waals surface area (Å²) in [6.07, 6.45) is 3.89.